The Hall–Kier alpha value is -3.92. The number of nitriles is 1. The van der Waals surface area contributed by atoms with Crippen molar-refractivity contribution < 1.29 is 32.2 Å². The number of carbonyl (C=O) groups is 1. The highest BCUT2D eigenvalue weighted by molar-refractivity contribution is 8.00. The van der Waals surface area contributed by atoms with Crippen LogP contribution in [0.2, 0.25) is 0 Å². The molecule has 12 heteroatoms. The Morgan fingerprint density at radius 1 is 1.21 bits per heavy atom. The van der Waals surface area contributed by atoms with Gasteiger partial charge in [-0.1, -0.05) is 31.2 Å². The summed E-state index contributed by atoms with van der Waals surface area (Å²) in [5.41, 5.74) is -0.942. The van der Waals surface area contributed by atoms with Crippen LogP contribution < -0.4 is 0 Å². The second-order valence-corrected chi connectivity index (χ2v) is 11.5. The highest BCUT2D eigenvalue weighted by atomic mass is 32.2. The summed E-state index contributed by atoms with van der Waals surface area (Å²) in [5.74, 6) is -2.61. The molecule has 2 atom stereocenters. The molecule has 4 rings (SSSR count). The van der Waals surface area contributed by atoms with E-state index in [-0.39, 0.29) is 42.6 Å². The fourth-order valence-electron chi connectivity index (χ4n) is 4.58. The molecule has 3 aromatic rings. The molecule has 226 valence electrons. The summed E-state index contributed by atoms with van der Waals surface area (Å²) >= 11 is 1.40. The second-order valence-electron chi connectivity index (χ2n) is 9.86. The molecule has 0 unspecified atom stereocenters. The molecule has 1 fully saturated rings. The Kier molecular flexibility index (Phi) is 11.2. The van der Waals surface area contributed by atoms with Crippen molar-refractivity contribution in [2.75, 3.05) is 13.2 Å². The molecule has 2 heterocycles. The van der Waals surface area contributed by atoms with E-state index in [4.69, 9.17) is 19.5 Å². The van der Waals surface area contributed by atoms with E-state index in [1.54, 1.807) is 24.3 Å². The Morgan fingerprint density at radius 2 is 2.00 bits per heavy atom. The molecule has 0 amide bonds. The first-order valence-corrected chi connectivity index (χ1v) is 14.6. The van der Waals surface area contributed by atoms with Crippen LogP contribution in [0, 0.1) is 28.8 Å². The van der Waals surface area contributed by atoms with Crippen LogP contribution in [0.3, 0.4) is 0 Å². The van der Waals surface area contributed by atoms with Crippen LogP contribution in [-0.4, -0.2) is 50.7 Å². The molecule has 0 spiro atoms. The van der Waals surface area contributed by atoms with E-state index in [2.05, 4.69) is 10.1 Å². The number of allylic oxidation sites excluding steroid dienone is 2. The van der Waals surface area contributed by atoms with Crippen molar-refractivity contribution in [3.8, 4) is 6.07 Å². The minimum atomic E-state index is -1.55. The maximum absolute atomic E-state index is 15.3. The van der Waals surface area contributed by atoms with Crippen molar-refractivity contribution >= 4 is 23.8 Å². The van der Waals surface area contributed by atoms with Crippen molar-refractivity contribution in [2.45, 2.75) is 55.6 Å². The summed E-state index contributed by atoms with van der Waals surface area (Å²) in [6, 6.07) is 9.32. The van der Waals surface area contributed by atoms with Gasteiger partial charge in [0.15, 0.2) is 11.9 Å². The number of nitrogens with zero attached hydrogens (tertiary/aromatic N) is 4. The largest absolute Gasteiger partial charge is 0.451 e. The first kappa shape index (κ1) is 32.0. The van der Waals surface area contributed by atoms with Crippen LogP contribution in [0.4, 0.5) is 13.2 Å². The van der Waals surface area contributed by atoms with Gasteiger partial charge in [-0.05, 0) is 43.7 Å². The maximum atomic E-state index is 15.3. The van der Waals surface area contributed by atoms with E-state index >= 15 is 4.39 Å². The van der Waals surface area contributed by atoms with Crippen LogP contribution in [0.5, 0.6) is 0 Å². The first-order chi connectivity index (χ1) is 20.7. The minimum Gasteiger partial charge on any atom is -0.451 e. The topological polar surface area (TPSA) is 99.3 Å². The van der Waals surface area contributed by atoms with E-state index in [9.17, 15) is 13.6 Å². The van der Waals surface area contributed by atoms with E-state index in [1.165, 1.54) is 53.4 Å². The number of halogens is 3. The minimum absolute atomic E-state index is 0.0257. The number of benzene rings is 2. The van der Waals surface area contributed by atoms with Gasteiger partial charge in [-0.3, -0.25) is 4.79 Å². The van der Waals surface area contributed by atoms with Gasteiger partial charge in [-0.2, -0.15) is 10.4 Å². The lowest BCUT2D eigenvalue weighted by atomic mass is 9.89. The first-order valence-electron chi connectivity index (χ1n) is 13.7. The van der Waals surface area contributed by atoms with Crippen LogP contribution in [0.25, 0.3) is 6.08 Å². The molecule has 1 aliphatic heterocycles. The molecule has 2 aromatic carbocycles. The van der Waals surface area contributed by atoms with Gasteiger partial charge in [0.25, 0.3) is 0 Å². The average Bonchev–Trinajstić information content (AvgIpc) is 3.49. The molecule has 0 N–H and O–H groups in total. The fourth-order valence-corrected chi connectivity index (χ4v) is 5.94. The lowest BCUT2D eigenvalue weighted by Crippen LogP contribution is -2.47. The quantitative estimate of drug-likeness (QED) is 0.183. The van der Waals surface area contributed by atoms with Crippen molar-refractivity contribution in [1.82, 2.24) is 14.8 Å². The van der Waals surface area contributed by atoms with Crippen LogP contribution >= 0.6 is 11.8 Å². The number of hydrogen-bond acceptors (Lipinski definition) is 8. The van der Waals surface area contributed by atoms with E-state index in [0.29, 0.717) is 12.0 Å². The number of hydrogen-bond donors (Lipinski definition) is 0. The number of rotatable bonds is 12. The third-order valence-electron chi connectivity index (χ3n) is 6.73. The lowest BCUT2D eigenvalue weighted by molar-refractivity contribution is -0.163. The molecule has 0 bridgehead atoms. The van der Waals surface area contributed by atoms with Crippen molar-refractivity contribution in [3.05, 3.63) is 101 Å². The Morgan fingerprint density at radius 3 is 2.65 bits per heavy atom. The van der Waals surface area contributed by atoms with Gasteiger partial charge in [-0.25, -0.2) is 22.8 Å². The summed E-state index contributed by atoms with van der Waals surface area (Å²) in [6.07, 6.45) is 9.33. The van der Waals surface area contributed by atoms with Crippen molar-refractivity contribution in [1.29, 1.82) is 5.26 Å². The van der Waals surface area contributed by atoms with Crippen LogP contribution in [0.1, 0.15) is 43.4 Å². The van der Waals surface area contributed by atoms with Gasteiger partial charge in [0.2, 0.25) is 0 Å². The van der Waals surface area contributed by atoms with Crippen molar-refractivity contribution in [2.24, 2.45) is 0 Å². The Balaban J connectivity index is 1.47. The summed E-state index contributed by atoms with van der Waals surface area (Å²) < 4.78 is 62.5. The van der Waals surface area contributed by atoms with Crippen LogP contribution in [0.15, 0.2) is 67.3 Å². The number of carbonyl (C=O) groups excluding carboxylic acids is 1. The molecule has 1 aromatic heterocycles. The number of ether oxygens (including phenoxy) is 3. The second kappa shape index (κ2) is 15.0. The number of thioether (sulfide) groups is 1. The van der Waals surface area contributed by atoms with Gasteiger partial charge in [-0.15, -0.1) is 11.8 Å². The van der Waals surface area contributed by atoms with Gasteiger partial charge in [0, 0.05) is 28.9 Å². The molecule has 0 saturated carbocycles. The fraction of sp³-hybridized carbons (Fsp3) is 0.355. The molecule has 1 saturated heterocycles. The lowest BCUT2D eigenvalue weighted by Gasteiger charge is -2.40. The summed E-state index contributed by atoms with van der Waals surface area (Å²) in [4.78, 5) is 16.8. The maximum Gasteiger partial charge on any atom is 0.306 e. The van der Waals surface area contributed by atoms with E-state index in [1.807, 2.05) is 19.9 Å². The summed E-state index contributed by atoms with van der Waals surface area (Å²) in [6.45, 7) is 4.16. The van der Waals surface area contributed by atoms with Gasteiger partial charge in [0.1, 0.15) is 30.1 Å². The van der Waals surface area contributed by atoms with Crippen molar-refractivity contribution in [3.63, 3.8) is 0 Å². The van der Waals surface area contributed by atoms with Gasteiger partial charge < -0.3 is 14.2 Å². The molecule has 8 nitrogen and oxygen atoms in total. The van der Waals surface area contributed by atoms with Gasteiger partial charge >= 0.3 is 5.97 Å². The highest BCUT2D eigenvalue weighted by Crippen LogP contribution is 2.42. The zero-order valence-corrected chi connectivity index (χ0v) is 24.5. The Bertz CT molecular complexity index is 1490. The normalized spacial score (nSPS) is 19.3. The molecule has 43 heavy (non-hydrogen) atoms. The summed E-state index contributed by atoms with van der Waals surface area (Å²) in [5, 5.41) is 12.3. The number of aromatic nitrogens is 3. The molecular formula is C31H31F3N4O4S. The Labute approximate surface area is 252 Å². The van der Waals surface area contributed by atoms with E-state index < -0.39 is 40.6 Å². The smallest absolute Gasteiger partial charge is 0.306 e. The molecule has 1 aliphatic rings. The zero-order chi connectivity index (χ0) is 30.8. The SMILES string of the molecule is CCCC(=O)O[C@@](Cn1cncn1)(c1ccc(F)cc1F)[C@@H](C)SC1COC(/C=C/C=C/c2ccc(C#N)cc2F)OC1. The van der Waals surface area contributed by atoms with Gasteiger partial charge in [0.05, 0.1) is 36.6 Å². The zero-order valence-electron chi connectivity index (χ0n) is 23.7. The average molecular weight is 613 g/mol. The predicted octanol–water partition coefficient (Wildman–Crippen LogP) is 5.94. The molecule has 0 aliphatic carbocycles. The number of esters is 1. The molecular weight excluding hydrogens is 581 g/mol. The van der Waals surface area contributed by atoms with E-state index in [0.717, 1.165) is 12.1 Å². The third kappa shape index (κ3) is 8.34. The standard InChI is InChI=1S/C31H31F3N4O4S/c1-3-6-29(39)42-31(18-38-20-36-19-37-38,26-12-11-24(32)14-28(26)34)21(2)43-25-16-40-30(41-17-25)8-5-4-7-23-10-9-22(15-35)13-27(23)33/h4-5,7-14,19-21,25,30H,3,6,16-18H2,1-2H3/b7-4+,8-5+/t21-,25?,30?,31-/m1/s1. The summed E-state index contributed by atoms with van der Waals surface area (Å²) in [7, 11) is 0. The van der Waals surface area contributed by atoms with Crippen LogP contribution in [-0.2, 0) is 31.2 Å². The molecule has 0 radical (unpaired) electrons. The monoisotopic (exact) mass is 612 g/mol. The highest BCUT2D eigenvalue weighted by Gasteiger charge is 2.46. The predicted molar refractivity (Wildman–Crippen MR) is 155 cm³/mol. The third-order valence-corrected chi connectivity index (χ3v) is 8.18.